The molecule has 11 rings (SSSR count). The van der Waals surface area contributed by atoms with Crippen LogP contribution in [0.5, 0.6) is 0 Å². The van der Waals surface area contributed by atoms with Crippen LogP contribution in [-0.2, 0) is 0 Å². The molecule has 2 nitrogen and oxygen atoms in total. The lowest BCUT2D eigenvalue weighted by Gasteiger charge is -2.27. The van der Waals surface area contributed by atoms with Crippen molar-refractivity contribution in [1.29, 1.82) is 0 Å². The molecule has 0 amide bonds. The number of nitrogens with zero attached hydrogens (tertiary/aromatic N) is 1. The van der Waals surface area contributed by atoms with E-state index in [9.17, 15) is 0 Å². The van der Waals surface area contributed by atoms with Crippen molar-refractivity contribution in [3.8, 4) is 33.4 Å². The standard InChI is InChI=1S/C52H33NOS/c1-2-17-42-35(11-1)12-9-20-43(42)39-15-7-13-36(31-39)37-14-8-16-41(32-37)53(47-21-10-24-51-52(47)46-19-4-6-23-50(46)55-51)40-28-25-34(26-29-40)38-27-30-45-44-18-3-5-22-48(44)54-49(45)33-38/h1-33H. The van der Waals surface area contributed by atoms with E-state index in [4.69, 9.17) is 4.42 Å². The third-order valence-electron chi connectivity index (χ3n) is 10.9. The fourth-order valence-corrected chi connectivity index (χ4v) is 9.37. The molecule has 0 fully saturated rings. The summed E-state index contributed by atoms with van der Waals surface area (Å²) < 4.78 is 8.82. The van der Waals surface area contributed by atoms with Crippen molar-refractivity contribution in [1.82, 2.24) is 0 Å². The molecule has 11 aromatic rings. The van der Waals surface area contributed by atoms with E-state index in [1.165, 1.54) is 53.2 Å². The highest BCUT2D eigenvalue weighted by molar-refractivity contribution is 7.26. The molecule has 2 heterocycles. The van der Waals surface area contributed by atoms with Gasteiger partial charge in [-0.3, -0.25) is 0 Å². The second-order valence-electron chi connectivity index (χ2n) is 14.1. The Labute approximate surface area is 322 Å². The number of furan rings is 1. The molecule has 0 unspecified atom stereocenters. The van der Waals surface area contributed by atoms with E-state index in [1.807, 2.05) is 23.5 Å². The maximum Gasteiger partial charge on any atom is 0.136 e. The summed E-state index contributed by atoms with van der Waals surface area (Å²) in [6.45, 7) is 0. The smallest absolute Gasteiger partial charge is 0.136 e. The Morgan fingerprint density at radius 3 is 1.91 bits per heavy atom. The molecule has 2 aromatic heterocycles. The Balaban J connectivity index is 1.04. The number of rotatable bonds is 6. The predicted molar refractivity (Wildman–Crippen MR) is 235 cm³/mol. The lowest BCUT2D eigenvalue weighted by atomic mass is 9.95. The summed E-state index contributed by atoms with van der Waals surface area (Å²) in [5, 5.41) is 7.34. The van der Waals surface area contributed by atoms with Crippen LogP contribution in [0.25, 0.3) is 86.3 Å². The fraction of sp³-hybridized carbons (Fsp3) is 0. The van der Waals surface area contributed by atoms with Gasteiger partial charge in [0.05, 0.1) is 5.69 Å². The maximum atomic E-state index is 6.25. The number of hydrogen-bond donors (Lipinski definition) is 0. The first-order valence-electron chi connectivity index (χ1n) is 18.7. The van der Waals surface area contributed by atoms with E-state index in [0.29, 0.717) is 0 Å². The lowest BCUT2D eigenvalue weighted by molar-refractivity contribution is 0.669. The molecule has 0 N–H and O–H groups in total. The van der Waals surface area contributed by atoms with E-state index < -0.39 is 0 Å². The summed E-state index contributed by atoms with van der Waals surface area (Å²) in [6, 6.07) is 72.3. The van der Waals surface area contributed by atoms with Gasteiger partial charge in [0, 0.05) is 42.3 Å². The molecule has 0 saturated carbocycles. The first-order valence-corrected chi connectivity index (χ1v) is 19.5. The molecule has 0 spiro atoms. The molecular formula is C52H33NOS. The summed E-state index contributed by atoms with van der Waals surface area (Å²) in [7, 11) is 0. The highest BCUT2D eigenvalue weighted by Gasteiger charge is 2.19. The average molecular weight is 720 g/mol. The number of thiophene rings is 1. The monoisotopic (exact) mass is 719 g/mol. The molecule has 0 aliphatic heterocycles. The summed E-state index contributed by atoms with van der Waals surface area (Å²) >= 11 is 1.85. The largest absolute Gasteiger partial charge is 0.456 e. The van der Waals surface area contributed by atoms with Gasteiger partial charge in [0.2, 0.25) is 0 Å². The van der Waals surface area contributed by atoms with Crippen molar-refractivity contribution in [2.24, 2.45) is 0 Å². The number of para-hydroxylation sites is 1. The topological polar surface area (TPSA) is 16.4 Å². The first-order chi connectivity index (χ1) is 27.2. The van der Waals surface area contributed by atoms with Crippen LogP contribution in [0, 0.1) is 0 Å². The molecule has 9 aromatic carbocycles. The maximum absolute atomic E-state index is 6.25. The summed E-state index contributed by atoms with van der Waals surface area (Å²) in [4.78, 5) is 2.42. The van der Waals surface area contributed by atoms with E-state index in [2.05, 4.69) is 193 Å². The molecule has 0 aliphatic carbocycles. The molecule has 3 heteroatoms. The number of anilines is 3. The van der Waals surface area contributed by atoms with Crippen LogP contribution in [0.3, 0.4) is 0 Å². The molecule has 0 atom stereocenters. The zero-order valence-corrected chi connectivity index (χ0v) is 30.6. The molecule has 0 saturated heterocycles. The molecule has 55 heavy (non-hydrogen) atoms. The Morgan fingerprint density at radius 1 is 0.364 bits per heavy atom. The van der Waals surface area contributed by atoms with Crippen molar-refractivity contribution < 1.29 is 4.42 Å². The zero-order chi connectivity index (χ0) is 36.3. The highest BCUT2D eigenvalue weighted by atomic mass is 32.1. The second-order valence-corrected chi connectivity index (χ2v) is 15.2. The lowest BCUT2D eigenvalue weighted by Crippen LogP contribution is -2.10. The van der Waals surface area contributed by atoms with Crippen LogP contribution in [0.15, 0.2) is 205 Å². The van der Waals surface area contributed by atoms with Crippen LogP contribution in [0.2, 0.25) is 0 Å². The van der Waals surface area contributed by atoms with Crippen LogP contribution >= 0.6 is 11.3 Å². The van der Waals surface area contributed by atoms with Crippen LogP contribution in [0.1, 0.15) is 0 Å². The number of benzene rings is 9. The summed E-state index contributed by atoms with van der Waals surface area (Å²) in [6.07, 6.45) is 0. The van der Waals surface area contributed by atoms with Gasteiger partial charge in [-0.05, 0) is 111 Å². The summed E-state index contributed by atoms with van der Waals surface area (Å²) in [5.74, 6) is 0. The number of fused-ring (bicyclic) bond motifs is 7. The van der Waals surface area contributed by atoms with E-state index in [1.54, 1.807) is 0 Å². The molecule has 258 valence electrons. The Hall–Kier alpha value is -6.94. The summed E-state index contributed by atoms with van der Waals surface area (Å²) in [5.41, 5.74) is 12.3. The fourth-order valence-electron chi connectivity index (χ4n) is 8.25. The third-order valence-corrected chi connectivity index (χ3v) is 12.0. The highest BCUT2D eigenvalue weighted by Crippen LogP contribution is 2.46. The predicted octanol–water partition coefficient (Wildman–Crippen LogP) is 15.6. The Morgan fingerprint density at radius 2 is 1.00 bits per heavy atom. The van der Waals surface area contributed by atoms with Gasteiger partial charge in [0.25, 0.3) is 0 Å². The Bertz CT molecular complexity index is 3220. The SMILES string of the molecule is c1cc(-c2cccc(N(c3ccc(-c4ccc5c(c4)oc4ccccc45)cc3)c3cccc4sc5ccccc5c34)c2)cc(-c2cccc3ccccc23)c1. The van der Waals surface area contributed by atoms with Crippen molar-refractivity contribution in [3.63, 3.8) is 0 Å². The van der Waals surface area contributed by atoms with Gasteiger partial charge < -0.3 is 9.32 Å². The molecule has 0 aliphatic rings. The minimum Gasteiger partial charge on any atom is -0.456 e. The Kier molecular flexibility index (Phi) is 7.39. The van der Waals surface area contributed by atoms with Crippen molar-refractivity contribution in [2.45, 2.75) is 0 Å². The van der Waals surface area contributed by atoms with E-state index in [-0.39, 0.29) is 0 Å². The van der Waals surface area contributed by atoms with Gasteiger partial charge in [-0.2, -0.15) is 0 Å². The van der Waals surface area contributed by atoms with Crippen molar-refractivity contribution in [3.05, 3.63) is 200 Å². The van der Waals surface area contributed by atoms with Gasteiger partial charge in [-0.1, -0.05) is 133 Å². The zero-order valence-electron chi connectivity index (χ0n) is 29.8. The number of hydrogen-bond acceptors (Lipinski definition) is 3. The van der Waals surface area contributed by atoms with Gasteiger partial charge >= 0.3 is 0 Å². The third kappa shape index (κ3) is 5.40. The normalized spacial score (nSPS) is 11.6. The molecular weight excluding hydrogens is 687 g/mol. The van der Waals surface area contributed by atoms with Gasteiger partial charge in [0.1, 0.15) is 11.2 Å². The quantitative estimate of drug-likeness (QED) is 0.170. The minimum atomic E-state index is 0.904. The average Bonchev–Trinajstić information content (AvgIpc) is 3.83. The van der Waals surface area contributed by atoms with Crippen molar-refractivity contribution in [2.75, 3.05) is 4.90 Å². The van der Waals surface area contributed by atoms with Gasteiger partial charge in [0.15, 0.2) is 0 Å². The van der Waals surface area contributed by atoms with E-state index in [0.717, 1.165) is 50.1 Å². The van der Waals surface area contributed by atoms with Crippen LogP contribution in [-0.4, -0.2) is 0 Å². The van der Waals surface area contributed by atoms with Crippen molar-refractivity contribution >= 4 is 81.3 Å². The van der Waals surface area contributed by atoms with Gasteiger partial charge in [-0.15, -0.1) is 11.3 Å². The van der Waals surface area contributed by atoms with E-state index >= 15 is 0 Å². The molecule has 0 bridgehead atoms. The minimum absolute atomic E-state index is 0.904. The second kappa shape index (κ2) is 12.9. The molecule has 0 radical (unpaired) electrons. The van der Waals surface area contributed by atoms with Crippen LogP contribution in [0.4, 0.5) is 17.1 Å². The van der Waals surface area contributed by atoms with Crippen LogP contribution < -0.4 is 4.90 Å². The van der Waals surface area contributed by atoms with Gasteiger partial charge in [-0.25, -0.2) is 0 Å². The first kappa shape index (κ1) is 31.6.